The standard InChI is InChI=1S/C11H16ClN3O2/c1-11(2,3)17-10(16)15(4)6-8-5-9(12)14-7-13-8/h5,7H,6H2,1-4H3. The molecule has 6 heteroatoms. The maximum absolute atomic E-state index is 11.7. The largest absolute Gasteiger partial charge is 0.444 e. The van der Waals surface area contributed by atoms with Crippen LogP contribution >= 0.6 is 11.6 Å². The van der Waals surface area contributed by atoms with E-state index in [2.05, 4.69) is 9.97 Å². The number of ether oxygens (including phenoxy) is 1. The van der Waals surface area contributed by atoms with Gasteiger partial charge < -0.3 is 9.64 Å². The lowest BCUT2D eigenvalue weighted by atomic mass is 10.2. The summed E-state index contributed by atoms with van der Waals surface area (Å²) in [6.07, 6.45) is 0.966. The first-order valence-corrected chi connectivity index (χ1v) is 5.56. The van der Waals surface area contributed by atoms with E-state index < -0.39 is 11.7 Å². The average molecular weight is 258 g/mol. The number of nitrogens with zero attached hydrogens (tertiary/aromatic N) is 3. The zero-order valence-corrected chi connectivity index (χ0v) is 11.2. The second-order valence-corrected chi connectivity index (χ2v) is 5.06. The first kappa shape index (κ1) is 13.7. The van der Waals surface area contributed by atoms with Crippen LogP contribution in [0.2, 0.25) is 5.15 Å². The van der Waals surface area contributed by atoms with Gasteiger partial charge in [0.05, 0.1) is 12.2 Å². The van der Waals surface area contributed by atoms with Crippen LogP contribution in [0.4, 0.5) is 4.79 Å². The summed E-state index contributed by atoms with van der Waals surface area (Å²) in [7, 11) is 1.64. The molecular formula is C11H16ClN3O2. The van der Waals surface area contributed by atoms with Gasteiger partial charge in [0.2, 0.25) is 0 Å². The fraction of sp³-hybridized carbons (Fsp3) is 0.545. The van der Waals surface area contributed by atoms with Crippen LogP contribution in [-0.4, -0.2) is 33.6 Å². The van der Waals surface area contributed by atoms with E-state index in [9.17, 15) is 4.79 Å². The van der Waals surface area contributed by atoms with Crippen molar-refractivity contribution in [2.24, 2.45) is 0 Å². The van der Waals surface area contributed by atoms with Gasteiger partial charge in [0.1, 0.15) is 17.1 Å². The second-order valence-electron chi connectivity index (χ2n) is 4.67. The molecule has 0 aliphatic carbocycles. The van der Waals surface area contributed by atoms with Crippen LogP contribution in [0.3, 0.4) is 0 Å². The molecule has 1 aromatic heterocycles. The lowest BCUT2D eigenvalue weighted by molar-refractivity contribution is 0.0283. The quantitative estimate of drug-likeness (QED) is 0.764. The summed E-state index contributed by atoms with van der Waals surface area (Å²) < 4.78 is 5.21. The number of carbonyl (C=O) groups excluding carboxylic acids is 1. The molecule has 0 aliphatic heterocycles. The molecule has 0 aromatic carbocycles. The fourth-order valence-corrected chi connectivity index (χ4v) is 1.27. The molecule has 0 unspecified atom stereocenters. The van der Waals surface area contributed by atoms with Gasteiger partial charge in [-0.3, -0.25) is 0 Å². The van der Waals surface area contributed by atoms with Crippen molar-refractivity contribution in [3.63, 3.8) is 0 Å². The van der Waals surface area contributed by atoms with E-state index >= 15 is 0 Å². The Kier molecular flexibility index (Phi) is 4.28. The summed E-state index contributed by atoms with van der Waals surface area (Å²) in [6.45, 7) is 5.79. The number of rotatable bonds is 2. The number of carbonyl (C=O) groups is 1. The van der Waals surface area contributed by atoms with Crippen LogP contribution in [0.15, 0.2) is 12.4 Å². The van der Waals surface area contributed by atoms with E-state index in [1.807, 2.05) is 20.8 Å². The van der Waals surface area contributed by atoms with E-state index in [0.717, 1.165) is 0 Å². The Hall–Kier alpha value is -1.36. The molecular weight excluding hydrogens is 242 g/mol. The van der Waals surface area contributed by atoms with Crippen LogP contribution in [0.25, 0.3) is 0 Å². The molecule has 0 radical (unpaired) electrons. The third-order valence-corrected chi connectivity index (χ3v) is 2.00. The third kappa shape index (κ3) is 4.99. The lowest BCUT2D eigenvalue weighted by Gasteiger charge is -2.24. The highest BCUT2D eigenvalue weighted by Crippen LogP contribution is 2.11. The van der Waals surface area contributed by atoms with E-state index in [4.69, 9.17) is 16.3 Å². The number of halogens is 1. The summed E-state index contributed by atoms with van der Waals surface area (Å²) in [5.41, 5.74) is 0.160. The monoisotopic (exact) mass is 257 g/mol. The summed E-state index contributed by atoms with van der Waals surface area (Å²) >= 11 is 5.73. The Morgan fingerprint density at radius 2 is 2.12 bits per heavy atom. The van der Waals surface area contributed by atoms with E-state index in [1.165, 1.54) is 11.2 Å². The lowest BCUT2D eigenvalue weighted by Crippen LogP contribution is -2.34. The van der Waals surface area contributed by atoms with Gasteiger partial charge in [0.25, 0.3) is 0 Å². The normalized spacial score (nSPS) is 11.1. The van der Waals surface area contributed by atoms with Gasteiger partial charge in [0.15, 0.2) is 0 Å². The molecule has 17 heavy (non-hydrogen) atoms. The zero-order chi connectivity index (χ0) is 13.1. The molecule has 0 fully saturated rings. The van der Waals surface area contributed by atoms with Crippen molar-refractivity contribution in [3.05, 3.63) is 23.2 Å². The maximum atomic E-state index is 11.7. The Balaban J connectivity index is 2.60. The highest BCUT2D eigenvalue weighted by atomic mass is 35.5. The molecule has 0 spiro atoms. The van der Waals surface area contributed by atoms with Crippen LogP contribution in [-0.2, 0) is 11.3 Å². The SMILES string of the molecule is CN(Cc1cc(Cl)ncn1)C(=O)OC(C)(C)C. The van der Waals surface area contributed by atoms with Gasteiger partial charge in [-0.15, -0.1) is 0 Å². The number of aromatic nitrogens is 2. The van der Waals surface area contributed by atoms with Gasteiger partial charge in [0, 0.05) is 7.05 Å². The molecule has 1 rings (SSSR count). The number of hydrogen-bond acceptors (Lipinski definition) is 4. The van der Waals surface area contributed by atoms with Crippen LogP contribution in [0, 0.1) is 0 Å². The van der Waals surface area contributed by atoms with Crippen molar-refractivity contribution >= 4 is 17.7 Å². The summed E-state index contributed by atoms with van der Waals surface area (Å²) in [4.78, 5) is 20.9. The Morgan fingerprint density at radius 3 is 2.65 bits per heavy atom. The predicted molar refractivity (Wildman–Crippen MR) is 64.7 cm³/mol. The van der Waals surface area contributed by atoms with Gasteiger partial charge in [-0.2, -0.15) is 0 Å². The Labute approximate surface area is 106 Å². The van der Waals surface area contributed by atoms with Crippen LogP contribution < -0.4 is 0 Å². The smallest absolute Gasteiger partial charge is 0.410 e. The van der Waals surface area contributed by atoms with Crippen molar-refractivity contribution in [2.75, 3.05) is 7.05 Å². The highest BCUT2D eigenvalue weighted by Gasteiger charge is 2.19. The molecule has 0 atom stereocenters. The minimum atomic E-state index is -0.505. The third-order valence-electron chi connectivity index (χ3n) is 1.79. The Bertz CT molecular complexity index is 404. The number of hydrogen-bond donors (Lipinski definition) is 0. The van der Waals surface area contributed by atoms with Gasteiger partial charge in [-0.1, -0.05) is 11.6 Å². The van der Waals surface area contributed by atoms with Gasteiger partial charge in [-0.05, 0) is 26.8 Å². The zero-order valence-electron chi connectivity index (χ0n) is 10.4. The van der Waals surface area contributed by atoms with Crippen molar-refractivity contribution in [3.8, 4) is 0 Å². The summed E-state index contributed by atoms with van der Waals surface area (Å²) in [6, 6.07) is 1.61. The topological polar surface area (TPSA) is 55.3 Å². The molecule has 0 aliphatic rings. The van der Waals surface area contributed by atoms with Crippen molar-refractivity contribution < 1.29 is 9.53 Å². The fourth-order valence-electron chi connectivity index (χ4n) is 1.10. The van der Waals surface area contributed by atoms with E-state index in [0.29, 0.717) is 17.4 Å². The van der Waals surface area contributed by atoms with Crippen molar-refractivity contribution in [1.82, 2.24) is 14.9 Å². The molecule has 1 heterocycles. The van der Waals surface area contributed by atoms with E-state index in [1.54, 1.807) is 13.1 Å². The molecule has 0 saturated carbocycles. The summed E-state index contributed by atoms with van der Waals surface area (Å²) in [5, 5.41) is 0.354. The minimum Gasteiger partial charge on any atom is -0.444 e. The van der Waals surface area contributed by atoms with Gasteiger partial charge >= 0.3 is 6.09 Å². The predicted octanol–water partition coefficient (Wildman–Crippen LogP) is 2.50. The molecule has 94 valence electrons. The van der Waals surface area contributed by atoms with Gasteiger partial charge in [-0.25, -0.2) is 14.8 Å². The highest BCUT2D eigenvalue weighted by molar-refractivity contribution is 6.29. The molecule has 0 saturated heterocycles. The molecule has 0 bridgehead atoms. The van der Waals surface area contributed by atoms with E-state index in [-0.39, 0.29) is 0 Å². The number of amides is 1. The molecule has 1 aromatic rings. The first-order valence-electron chi connectivity index (χ1n) is 5.18. The average Bonchev–Trinajstić information content (AvgIpc) is 2.14. The maximum Gasteiger partial charge on any atom is 0.410 e. The second kappa shape index (κ2) is 5.31. The van der Waals surface area contributed by atoms with Crippen molar-refractivity contribution in [2.45, 2.75) is 32.9 Å². The molecule has 5 nitrogen and oxygen atoms in total. The minimum absolute atomic E-state index is 0.331. The first-order chi connectivity index (χ1) is 7.78. The van der Waals surface area contributed by atoms with Crippen molar-refractivity contribution in [1.29, 1.82) is 0 Å². The summed E-state index contributed by atoms with van der Waals surface area (Å²) in [5.74, 6) is 0. The molecule has 0 N–H and O–H groups in total. The van der Waals surface area contributed by atoms with Crippen LogP contribution in [0.1, 0.15) is 26.5 Å². The van der Waals surface area contributed by atoms with Crippen LogP contribution in [0.5, 0.6) is 0 Å². The molecule has 1 amide bonds. The Morgan fingerprint density at radius 1 is 1.47 bits per heavy atom.